The van der Waals surface area contributed by atoms with Crippen LogP contribution in [0, 0.1) is 17.8 Å². The van der Waals surface area contributed by atoms with E-state index in [9.17, 15) is 9.59 Å². The second-order valence-corrected chi connectivity index (χ2v) is 8.54. The highest BCUT2D eigenvalue weighted by molar-refractivity contribution is 6.32. The van der Waals surface area contributed by atoms with Crippen molar-refractivity contribution in [3.8, 4) is 11.5 Å². The topological polar surface area (TPSA) is 81.9 Å². The molecule has 27 heavy (non-hydrogen) atoms. The van der Waals surface area contributed by atoms with Crippen LogP contribution >= 0.6 is 11.6 Å². The molecule has 146 valence electrons. The first-order chi connectivity index (χ1) is 12.9. The average molecular weight is 393 g/mol. The summed E-state index contributed by atoms with van der Waals surface area (Å²) in [4.78, 5) is 26.4. The Morgan fingerprint density at radius 2 is 1.81 bits per heavy atom. The van der Waals surface area contributed by atoms with E-state index < -0.39 is 5.91 Å². The number of methoxy groups -OCH3 is 1. The van der Waals surface area contributed by atoms with Crippen molar-refractivity contribution < 1.29 is 19.1 Å². The van der Waals surface area contributed by atoms with Gasteiger partial charge in [-0.05, 0) is 62.0 Å². The molecule has 0 aromatic heterocycles. The number of hydrogen-bond donors (Lipinski definition) is 1. The van der Waals surface area contributed by atoms with Gasteiger partial charge in [0.05, 0.1) is 12.1 Å². The second kappa shape index (κ2) is 7.23. The summed E-state index contributed by atoms with van der Waals surface area (Å²) in [5.41, 5.74) is 5.62. The maximum absolute atomic E-state index is 13.3. The van der Waals surface area contributed by atoms with Crippen molar-refractivity contribution in [1.29, 1.82) is 0 Å². The van der Waals surface area contributed by atoms with Crippen LogP contribution in [0.25, 0.3) is 0 Å². The molecule has 0 radical (unpaired) electrons. The third kappa shape index (κ3) is 3.59. The van der Waals surface area contributed by atoms with Crippen LogP contribution in [0.5, 0.6) is 11.5 Å². The summed E-state index contributed by atoms with van der Waals surface area (Å²) in [6.45, 7) is 0.526. The number of ether oxygens (including phenoxy) is 2. The predicted octanol–water partition coefficient (Wildman–Crippen LogP) is 2.86. The Balaban J connectivity index is 1.60. The molecule has 2 heterocycles. The number of rotatable bonds is 5. The van der Waals surface area contributed by atoms with E-state index in [0.717, 1.165) is 31.2 Å². The van der Waals surface area contributed by atoms with Crippen molar-refractivity contribution in [2.24, 2.45) is 23.5 Å². The lowest BCUT2D eigenvalue weighted by atomic mass is 9.68. The van der Waals surface area contributed by atoms with Crippen molar-refractivity contribution >= 4 is 23.4 Å². The number of hydrogen-bond acceptors (Lipinski definition) is 4. The van der Waals surface area contributed by atoms with Gasteiger partial charge in [-0.15, -0.1) is 0 Å². The first kappa shape index (κ1) is 18.4. The van der Waals surface area contributed by atoms with Crippen molar-refractivity contribution in [1.82, 2.24) is 4.90 Å². The molecular weight excluding hydrogens is 368 g/mol. The van der Waals surface area contributed by atoms with Crippen LogP contribution in [0.1, 0.15) is 42.5 Å². The fourth-order valence-corrected chi connectivity index (χ4v) is 5.59. The van der Waals surface area contributed by atoms with Gasteiger partial charge in [0.15, 0.2) is 18.1 Å². The van der Waals surface area contributed by atoms with E-state index in [2.05, 4.69) is 4.90 Å². The summed E-state index contributed by atoms with van der Waals surface area (Å²) < 4.78 is 10.7. The number of carbonyl (C=O) groups excluding carboxylic acids is 2. The molecule has 4 bridgehead atoms. The van der Waals surface area contributed by atoms with Gasteiger partial charge in [-0.2, -0.15) is 0 Å². The quantitative estimate of drug-likeness (QED) is 0.835. The molecule has 2 saturated carbocycles. The Morgan fingerprint density at radius 3 is 2.44 bits per heavy atom. The van der Waals surface area contributed by atoms with E-state index >= 15 is 0 Å². The second-order valence-electron chi connectivity index (χ2n) is 8.13. The molecule has 4 fully saturated rings. The number of primary amides is 1. The van der Waals surface area contributed by atoms with Crippen LogP contribution < -0.4 is 15.2 Å². The summed E-state index contributed by atoms with van der Waals surface area (Å²) in [7, 11) is 1.48. The Bertz CT molecular complexity index is 755. The summed E-state index contributed by atoms with van der Waals surface area (Å²) in [5, 5.41) is 0.236. The van der Waals surface area contributed by atoms with Crippen LogP contribution in [-0.4, -0.2) is 43.0 Å². The van der Waals surface area contributed by atoms with Gasteiger partial charge in [0.25, 0.3) is 11.8 Å². The van der Waals surface area contributed by atoms with Gasteiger partial charge >= 0.3 is 0 Å². The van der Waals surface area contributed by atoms with E-state index in [0.29, 0.717) is 23.3 Å². The van der Waals surface area contributed by atoms with Gasteiger partial charge in [0.1, 0.15) is 0 Å². The fourth-order valence-electron chi connectivity index (χ4n) is 5.33. The molecule has 0 spiro atoms. The highest BCUT2D eigenvalue weighted by atomic mass is 35.5. The van der Waals surface area contributed by atoms with Crippen molar-refractivity contribution in [3.05, 3.63) is 22.7 Å². The molecule has 2 N–H and O–H groups in total. The molecule has 2 unspecified atom stereocenters. The van der Waals surface area contributed by atoms with Crippen LogP contribution in [0.15, 0.2) is 12.1 Å². The number of nitrogens with two attached hydrogens (primary N) is 1. The molecule has 2 saturated heterocycles. The molecule has 6 nitrogen and oxygen atoms in total. The molecule has 4 aliphatic rings. The lowest BCUT2D eigenvalue weighted by molar-refractivity contribution is -0.119. The molecular formula is C20H25ClN2O4. The zero-order chi connectivity index (χ0) is 19.1. The van der Waals surface area contributed by atoms with Gasteiger partial charge in [0, 0.05) is 18.2 Å². The summed E-state index contributed by atoms with van der Waals surface area (Å²) in [6, 6.07) is 3.56. The maximum Gasteiger partial charge on any atom is 0.255 e. The minimum absolute atomic E-state index is 0.00477. The molecule has 4 atom stereocenters. The molecule has 2 aliphatic carbocycles. The Kier molecular flexibility index (Phi) is 4.93. The number of nitrogens with zero attached hydrogens (tertiary/aromatic N) is 1. The first-order valence-electron chi connectivity index (χ1n) is 9.54. The zero-order valence-electron chi connectivity index (χ0n) is 15.4. The van der Waals surface area contributed by atoms with Gasteiger partial charge in [-0.3, -0.25) is 9.59 Å². The number of carbonyl (C=O) groups is 2. The smallest absolute Gasteiger partial charge is 0.255 e. The molecule has 1 aromatic rings. The number of benzene rings is 1. The Hall–Kier alpha value is -1.95. The summed E-state index contributed by atoms with van der Waals surface area (Å²) in [5.74, 6) is 2.10. The predicted molar refractivity (Wildman–Crippen MR) is 101 cm³/mol. The molecule has 7 heteroatoms. The lowest BCUT2D eigenvalue weighted by Gasteiger charge is -2.39. The molecule has 2 amide bonds. The normalized spacial score (nSPS) is 28.7. The number of amides is 2. The van der Waals surface area contributed by atoms with Crippen molar-refractivity contribution in [2.45, 2.75) is 38.1 Å². The average Bonchev–Trinajstić information content (AvgIpc) is 2.82. The van der Waals surface area contributed by atoms with Crippen LogP contribution in [0.4, 0.5) is 0 Å². The van der Waals surface area contributed by atoms with Gasteiger partial charge < -0.3 is 20.1 Å². The summed E-state index contributed by atoms with van der Waals surface area (Å²) >= 11 is 6.33. The lowest BCUT2D eigenvalue weighted by Crippen LogP contribution is -2.42. The summed E-state index contributed by atoms with van der Waals surface area (Å²) in [6.07, 6.45) is 6.06. The Morgan fingerprint density at radius 1 is 1.15 bits per heavy atom. The van der Waals surface area contributed by atoms with Gasteiger partial charge in [-0.1, -0.05) is 11.6 Å². The van der Waals surface area contributed by atoms with Crippen LogP contribution in [-0.2, 0) is 4.79 Å². The number of fused-ring (bicyclic) bond motifs is 1. The molecule has 1 aromatic carbocycles. The van der Waals surface area contributed by atoms with E-state index in [1.807, 2.05) is 0 Å². The Labute approximate surface area is 163 Å². The highest BCUT2D eigenvalue weighted by Gasteiger charge is 2.44. The third-order valence-corrected chi connectivity index (χ3v) is 6.48. The highest BCUT2D eigenvalue weighted by Crippen LogP contribution is 2.48. The largest absolute Gasteiger partial charge is 0.493 e. The van der Waals surface area contributed by atoms with E-state index in [-0.39, 0.29) is 23.3 Å². The minimum Gasteiger partial charge on any atom is -0.493 e. The zero-order valence-corrected chi connectivity index (χ0v) is 16.2. The monoisotopic (exact) mass is 392 g/mol. The van der Waals surface area contributed by atoms with Crippen LogP contribution in [0.2, 0.25) is 5.02 Å². The van der Waals surface area contributed by atoms with E-state index in [4.69, 9.17) is 26.8 Å². The number of halogens is 1. The fraction of sp³-hybridized carbons (Fsp3) is 0.600. The van der Waals surface area contributed by atoms with E-state index in [1.165, 1.54) is 26.4 Å². The van der Waals surface area contributed by atoms with Crippen LogP contribution in [0.3, 0.4) is 0 Å². The third-order valence-electron chi connectivity index (χ3n) is 6.20. The molecule has 2 aliphatic heterocycles. The minimum atomic E-state index is -0.608. The molecule has 5 rings (SSSR count). The van der Waals surface area contributed by atoms with Gasteiger partial charge in [0.2, 0.25) is 0 Å². The first-order valence-corrected chi connectivity index (χ1v) is 9.92. The van der Waals surface area contributed by atoms with E-state index in [1.54, 1.807) is 12.1 Å². The SMILES string of the molecule is COc1cc(C(=O)N2CC3C[C@@H]4CC2C[C@H](C3)C4)cc(Cl)c1OCC(N)=O. The standard InChI is InChI=1S/C20H25ClN2O4/c1-26-17-8-14(7-16(21)19(17)27-10-18(22)24)20(25)23-9-13-3-11-2-12(4-13)6-15(23)5-11/h7-8,11-13,15H,2-6,9-10H2,1H3,(H2,22,24)/t11-,12+,13?,15?. The van der Waals surface area contributed by atoms with Crippen molar-refractivity contribution in [2.75, 3.05) is 20.3 Å². The van der Waals surface area contributed by atoms with Crippen molar-refractivity contribution in [3.63, 3.8) is 0 Å². The maximum atomic E-state index is 13.3. The van der Waals surface area contributed by atoms with Gasteiger partial charge in [-0.25, -0.2) is 0 Å².